The zero-order valence-corrected chi connectivity index (χ0v) is 12.6. The summed E-state index contributed by atoms with van der Waals surface area (Å²) in [6.07, 6.45) is 6.40. The molecule has 1 aliphatic carbocycles. The molecular weight excluding hydrogens is 262 g/mol. The highest BCUT2D eigenvalue weighted by Crippen LogP contribution is 2.29. The maximum absolute atomic E-state index is 12.3. The van der Waals surface area contributed by atoms with Crippen molar-refractivity contribution in [3.05, 3.63) is 35.9 Å². The van der Waals surface area contributed by atoms with Crippen molar-refractivity contribution in [1.82, 2.24) is 5.32 Å². The van der Waals surface area contributed by atoms with Crippen LogP contribution in [0.5, 0.6) is 0 Å². The lowest BCUT2D eigenvalue weighted by Crippen LogP contribution is -2.39. The minimum atomic E-state index is 0.173. The SMILES string of the molecule is O=C(N[C@@H]1CC[C@@H](Cc2ccccc2)C1)C1CCOCC1. The fourth-order valence-electron chi connectivity index (χ4n) is 3.62. The summed E-state index contributed by atoms with van der Waals surface area (Å²) < 4.78 is 5.32. The maximum Gasteiger partial charge on any atom is 0.223 e. The summed E-state index contributed by atoms with van der Waals surface area (Å²) in [7, 11) is 0. The first-order valence-electron chi connectivity index (χ1n) is 8.23. The predicted octanol–water partition coefficient (Wildman–Crippen LogP) is 2.94. The molecule has 3 nitrogen and oxygen atoms in total. The van der Waals surface area contributed by atoms with Gasteiger partial charge >= 0.3 is 0 Å². The molecule has 1 heterocycles. The molecule has 3 heteroatoms. The van der Waals surface area contributed by atoms with Crippen LogP contribution in [0.1, 0.15) is 37.7 Å². The van der Waals surface area contributed by atoms with Crippen molar-refractivity contribution in [2.45, 2.75) is 44.6 Å². The highest BCUT2D eigenvalue weighted by molar-refractivity contribution is 5.79. The van der Waals surface area contributed by atoms with E-state index in [2.05, 4.69) is 35.6 Å². The maximum atomic E-state index is 12.3. The van der Waals surface area contributed by atoms with E-state index in [1.807, 2.05) is 0 Å². The molecule has 1 aromatic carbocycles. The third kappa shape index (κ3) is 4.07. The van der Waals surface area contributed by atoms with Crippen LogP contribution in [0, 0.1) is 11.8 Å². The second kappa shape index (κ2) is 7.08. The fourth-order valence-corrected chi connectivity index (χ4v) is 3.62. The zero-order valence-electron chi connectivity index (χ0n) is 12.6. The van der Waals surface area contributed by atoms with Crippen LogP contribution in [0.2, 0.25) is 0 Å². The van der Waals surface area contributed by atoms with Gasteiger partial charge in [0, 0.05) is 25.2 Å². The zero-order chi connectivity index (χ0) is 14.5. The number of amides is 1. The van der Waals surface area contributed by atoms with Crippen molar-refractivity contribution in [2.75, 3.05) is 13.2 Å². The molecule has 1 amide bonds. The molecule has 0 aromatic heterocycles. The van der Waals surface area contributed by atoms with Gasteiger partial charge < -0.3 is 10.1 Å². The molecule has 2 aliphatic rings. The number of carbonyl (C=O) groups is 1. The average Bonchev–Trinajstić information content (AvgIpc) is 2.96. The van der Waals surface area contributed by atoms with Crippen LogP contribution < -0.4 is 5.32 Å². The lowest BCUT2D eigenvalue weighted by atomic mass is 9.97. The van der Waals surface area contributed by atoms with Crippen molar-refractivity contribution >= 4 is 5.91 Å². The summed E-state index contributed by atoms with van der Waals surface area (Å²) >= 11 is 0. The number of benzene rings is 1. The summed E-state index contributed by atoms with van der Waals surface area (Å²) in [5.41, 5.74) is 1.42. The Labute approximate surface area is 127 Å². The molecule has 0 unspecified atom stereocenters. The van der Waals surface area contributed by atoms with Gasteiger partial charge in [-0.2, -0.15) is 0 Å². The summed E-state index contributed by atoms with van der Waals surface area (Å²) in [6.45, 7) is 1.47. The van der Waals surface area contributed by atoms with E-state index in [-0.39, 0.29) is 11.8 Å². The molecule has 1 saturated carbocycles. The van der Waals surface area contributed by atoms with E-state index in [4.69, 9.17) is 4.74 Å². The smallest absolute Gasteiger partial charge is 0.223 e. The van der Waals surface area contributed by atoms with Gasteiger partial charge in [-0.25, -0.2) is 0 Å². The Morgan fingerprint density at radius 1 is 1.10 bits per heavy atom. The van der Waals surface area contributed by atoms with Crippen LogP contribution in [0.3, 0.4) is 0 Å². The third-order valence-electron chi connectivity index (χ3n) is 4.85. The van der Waals surface area contributed by atoms with Crippen LogP contribution in [0.4, 0.5) is 0 Å². The molecule has 1 saturated heterocycles. The standard InChI is InChI=1S/C18H25NO2/c20-18(16-8-10-21-11-9-16)19-17-7-6-15(13-17)12-14-4-2-1-3-5-14/h1-5,15-17H,6-13H2,(H,19,20)/t15-,17+/m0/s1. The first kappa shape index (κ1) is 14.6. The van der Waals surface area contributed by atoms with E-state index in [0.717, 1.165) is 45.3 Å². The van der Waals surface area contributed by atoms with Gasteiger partial charge in [0.05, 0.1) is 0 Å². The van der Waals surface area contributed by atoms with Gasteiger partial charge in [-0.05, 0) is 50.0 Å². The van der Waals surface area contributed by atoms with Crippen LogP contribution in [-0.2, 0) is 16.0 Å². The Kier molecular flexibility index (Phi) is 4.91. The van der Waals surface area contributed by atoms with Gasteiger partial charge in [0.25, 0.3) is 0 Å². The summed E-state index contributed by atoms with van der Waals surface area (Å²) in [4.78, 5) is 12.3. The number of carbonyl (C=O) groups excluding carboxylic acids is 1. The predicted molar refractivity (Wildman–Crippen MR) is 83.0 cm³/mol. The van der Waals surface area contributed by atoms with E-state index >= 15 is 0 Å². The Morgan fingerprint density at radius 2 is 1.86 bits per heavy atom. The third-order valence-corrected chi connectivity index (χ3v) is 4.85. The number of rotatable bonds is 4. The minimum Gasteiger partial charge on any atom is -0.381 e. The van der Waals surface area contributed by atoms with E-state index < -0.39 is 0 Å². The second-order valence-corrected chi connectivity index (χ2v) is 6.46. The molecule has 21 heavy (non-hydrogen) atoms. The van der Waals surface area contributed by atoms with E-state index in [1.165, 1.54) is 12.0 Å². The minimum absolute atomic E-state index is 0.173. The highest BCUT2D eigenvalue weighted by Gasteiger charge is 2.29. The number of nitrogens with one attached hydrogen (secondary N) is 1. The normalized spacial score (nSPS) is 26.7. The Balaban J connectivity index is 1.45. The molecule has 0 bridgehead atoms. The highest BCUT2D eigenvalue weighted by atomic mass is 16.5. The van der Waals surface area contributed by atoms with E-state index in [0.29, 0.717) is 12.0 Å². The largest absolute Gasteiger partial charge is 0.381 e. The van der Waals surface area contributed by atoms with Gasteiger partial charge in [-0.1, -0.05) is 30.3 Å². The Bertz CT molecular complexity index is 454. The van der Waals surface area contributed by atoms with Crippen LogP contribution >= 0.6 is 0 Å². The van der Waals surface area contributed by atoms with Gasteiger partial charge in [0.2, 0.25) is 5.91 Å². The van der Waals surface area contributed by atoms with Crippen molar-refractivity contribution in [3.63, 3.8) is 0 Å². The molecule has 3 rings (SSSR count). The van der Waals surface area contributed by atoms with Gasteiger partial charge in [0.1, 0.15) is 0 Å². The monoisotopic (exact) mass is 287 g/mol. The first-order valence-corrected chi connectivity index (χ1v) is 8.23. The summed E-state index contributed by atoms with van der Waals surface area (Å²) in [5, 5.41) is 3.27. The van der Waals surface area contributed by atoms with Gasteiger partial charge in [-0.15, -0.1) is 0 Å². The molecule has 1 aliphatic heterocycles. The van der Waals surface area contributed by atoms with Gasteiger partial charge in [-0.3, -0.25) is 4.79 Å². The molecule has 2 atom stereocenters. The molecule has 0 radical (unpaired) electrons. The Hall–Kier alpha value is -1.35. The summed E-state index contributed by atoms with van der Waals surface area (Å²) in [6, 6.07) is 11.1. The average molecular weight is 287 g/mol. The second-order valence-electron chi connectivity index (χ2n) is 6.46. The molecular formula is C18H25NO2. The fraction of sp³-hybridized carbons (Fsp3) is 0.611. The number of hydrogen-bond donors (Lipinski definition) is 1. The van der Waals surface area contributed by atoms with Crippen LogP contribution in [0.15, 0.2) is 30.3 Å². The Morgan fingerprint density at radius 3 is 2.62 bits per heavy atom. The quantitative estimate of drug-likeness (QED) is 0.924. The van der Waals surface area contributed by atoms with Crippen molar-refractivity contribution < 1.29 is 9.53 Å². The molecule has 2 fully saturated rings. The van der Waals surface area contributed by atoms with Crippen molar-refractivity contribution in [1.29, 1.82) is 0 Å². The lowest BCUT2D eigenvalue weighted by molar-refractivity contribution is -0.128. The number of hydrogen-bond acceptors (Lipinski definition) is 2. The van der Waals surface area contributed by atoms with Crippen LogP contribution in [0.25, 0.3) is 0 Å². The van der Waals surface area contributed by atoms with E-state index in [9.17, 15) is 4.79 Å². The molecule has 0 spiro atoms. The molecule has 114 valence electrons. The summed E-state index contributed by atoms with van der Waals surface area (Å²) in [5.74, 6) is 1.14. The molecule has 1 N–H and O–H groups in total. The lowest BCUT2D eigenvalue weighted by Gasteiger charge is -2.23. The van der Waals surface area contributed by atoms with Gasteiger partial charge in [0.15, 0.2) is 0 Å². The van der Waals surface area contributed by atoms with Crippen LogP contribution in [-0.4, -0.2) is 25.2 Å². The molecule has 1 aromatic rings. The van der Waals surface area contributed by atoms with Crippen molar-refractivity contribution in [3.8, 4) is 0 Å². The topological polar surface area (TPSA) is 38.3 Å². The first-order chi connectivity index (χ1) is 10.3. The number of ether oxygens (including phenoxy) is 1. The van der Waals surface area contributed by atoms with Crippen molar-refractivity contribution in [2.24, 2.45) is 11.8 Å². The van der Waals surface area contributed by atoms with E-state index in [1.54, 1.807) is 0 Å².